The lowest BCUT2D eigenvalue weighted by molar-refractivity contribution is -0.145. The van der Waals surface area contributed by atoms with Crippen molar-refractivity contribution in [2.75, 3.05) is 0 Å². The Balaban J connectivity index is 2.95. The first-order valence-electron chi connectivity index (χ1n) is 6.72. The molecule has 0 amide bonds. The van der Waals surface area contributed by atoms with Crippen molar-refractivity contribution >= 4 is 5.97 Å². The van der Waals surface area contributed by atoms with E-state index >= 15 is 0 Å². The van der Waals surface area contributed by atoms with E-state index in [0.717, 1.165) is 17.5 Å². The van der Waals surface area contributed by atoms with Crippen LogP contribution in [-0.4, -0.2) is 23.2 Å². The van der Waals surface area contributed by atoms with Crippen LogP contribution in [0, 0.1) is 6.92 Å². The zero-order valence-corrected chi connectivity index (χ0v) is 11.8. The SMILES string of the molecule is CCC(N)Cc1cc(C)ccc1OC(CC)C(=O)O. The van der Waals surface area contributed by atoms with Gasteiger partial charge >= 0.3 is 5.97 Å². The van der Waals surface area contributed by atoms with E-state index in [9.17, 15) is 4.79 Å². The fraction of sp³-hybridized carbons (Fsp3) is 0.533. The molecule has 0 fully saturated rings. The molecule has 0 aliphatic rings. The third-order valence-corrected chi connectivity index (χ3v) is 3.14. The van der Waals surface area contributed by atoms with Gasteiger partial charge in [0.1, 0.15) is 5.75 Å². The molecule has 0 spiro atoms. The lowest BCUT2D eigenvalue weighted by Crippen LogP contribution is -2.27. The maximum Gasteiger partial charge on any atom is 0.344 e. The van der Waals surface area contributed by atoms with Crippen LogP contribution >= 0.6 is 0 Å². The number of carboxylic acids is 1. The normalized spacial score (nSPS) is 13.9. The Labute approximate surface area is 114 Å². The van der Waals surface area contributed by atoms with Gasteiger partial charge in [-0.25, -0.2) is 4.79 Å². The van der Waals surface area contributed by atoms with Crippen LogP contribution in [0.5, 0.6) is 5.75 Å². The number of benzene rings is 1. The van der Waals surface area contributed by atoms with Crippen LogP contribution in [0.2, 0.25) is 0 Å². The molecule has 2 atom stereocenters. The Hall–Kier alpha value is -1.55. The number of ether oxygens (including phenoxy) is 1. The van der Waals surface area contributed by atoms with Gasteiger partial charge in [0.25, 0.3) is 0 Å². The van der Waals surface area contributed by atoms with Crippen molar-refractivity contribution in [2.24, 2.45) is 5.73 Å². The highest BCUT2D eigenvalue weighted by molar-refractivity contribution is 5.72. The molecule has 4 heteroatoms. The summed E-state index contributed by atoms with van der Waals surface area (Å²) in [6.45, 7) is 5.83. The Morgan fingerprint density at radius 3 is 2.58 bits per heavy atom. The number of carbonyl (C=O) groups is 1. The minimum absolute atomic E-state index is 0.0639. The molecule has 0 aliphatic heterocycles. The minimum Gasteiger partial charge on any atom is -0.479 e. The molecule has 0 bridgehead atoms. The van der Waals surface area contributed by atoms with Crippen LogP contribution in [0.4, 0.5) is 0 Å². The van der Waals surface area contributed by atoms with Gasteiger partial charge in [-0.1, -0.05) is 31.5 Å². The first-order valence-corrected chi connectivity index (χ1v) is 6.72. The standard InChI is InChI=1S/C15H23NO3/c1-4-12(16)9-11-8-10(3)6-7-14(11)19-13(5-2)15(17)18/h6-8,12-13H,4-5,9,16H2,1-3H3,(H,17,18). The van der Waals surface area contributed by atoms with Crippen molar-refractivity contribution in [1.29, 1.82) is 0 Å². The van der Waals surface area contributed by atoms with Gasteiger partial charge in [0, 0.05) is 6.04 Å². The molecular formula is C15H23NO3. The van der Waals surface area contributed by atoms with Crippen LogP contribution in [0.15, 0.2) is 18.2 Å². The molecule has 1 aromatic carbocycles. The van der Waals surface area contributed by atoms with E-state index < -0.39 is 12.1 Å². The molecule has 0 aliphatic carbocycles. The lowest BCUT2D eigenvalue weighted by Gasteiger charge is -2.18. The van der Waals surface area contributed by atoms with Crippen molar-refractivity contribution in [3.8, 4) is 5.75 Å². The maximum atomic E-state index is 11.0. The molecular weight excluding hydrogens is 242 g/mol. The number of aliphatic carboxylic acids is 1. The maximum absolute atomic E-state index is 11.0. The first kappa shape index (κ1) is 15.5. The minimum atomic E-state index is -0.936. The molecule has 0 heterocycles. The van der Waals surface area contributed by atoms with E-state index in [-0.39, 0.29) is 6.04 Å². The summed E-state index contributed by atoms with van der Waals surface area (Å²) in [7, 11) is 0. The van der Waals surface area contributed by atoms with Crippen molar-refractivity contribution < 1.29 is 14.6 Å². The average Bonchev–Trinajstić information content (AvgIpc) is 2.37. The zero-order chi connectivity index (χ0) is 14.4. The van der Waals surface area contributed by atoms with Gasteiger partial charge in [0.05, 0.1) is 0 Å². The second kappa shape index (κ2) is 7.14. The molecule has 3 N–H and O–H groups in total. The van der Waals surface area contributed by atoms with E-state index in [0.29, 0.717) is 18.6 Å². The van der Waals surface area contributed by atoms with E-state index in [1.54, 1.807) is 6.92 Å². The number of hydrogen-bond acceptors (Lipinski definition) is 3. The van der Waals surface area contributed by atoms with Crippen LogP contribution < -0.4 is 10.5 Å². The Bertz CT molecular complexity index is 431. The number of nitrogens with two attached hydrogens (primary N) is 1. The molecule has 0 saturated heterocycles. The molecule has 0 saturated carbocycles. The third kappa shape index (κ3) is 4.56. The first-order chi connectivity index (χ1) is 8.97. The van der Waals surface area contributed by atoms with Crippen LogP contribution in [0.25, 0.3) is 0 Å². The highest BCUT2D eigenvalue weighted by Gasteiger charge is 2.19. The van der Waals surface area contributed by atoms with Gasteiger partial charge in [-0.2, -0.15) is 0 Å². The van der Waals surface area contributed by atoms with Crippen molar-refractivity contribution in [1.82, 2.24) is 0 Å². The van der Waals surface area contributed by atoms with Gasteiger partial charge in [0.15, 0.2) is 6.10 Å². The fourth-order valence-corrected chi connectivity index (χ4v) is 1.87. The Kier molecular flexibility index (Phi) is 5.83. The molecule has 106 valence electrons. The van der Waals surface area contributed by atoms with Crippen LogP contribution in [-0.2, 0) is 11.2 Å². The predicted octanol–water partition coefficient (Wildman–Crippen LogP) is 2.52. The second-order valence-corrected chi connectivity index (χ2v) is 4.84. The van der Waals surface area contributed by atoms with Gasteiger partial charge in [-0.3, -0.25) is 0 Å². The summed E-state index contributed by atoms with van der Waals surface area (Å²) in [6.07, 6.45) is 1.20. The number of carboxylic acid groups (broad SMARTS) is 1. The molecule has 4 nitrogen and oxygen atoms in total. The third-order valence-electron chi connectivity index (χ3n) is 3.14. The molecule has 19 heavy (non-hydrogen) atoms. The molecule has 0 radical (unpaired) electrons. The van der Waals surface area contributed by atoms with Gasteiger partial charge < -0.3 is 15.6 Å². The van der Waals surface area contributed by atoms with Crippen LogP contribution in [0.1, 0.15) is 37.8 Å². The number of hydrogen-bond donors (Lipinski definition) is 2. The largest absolute Gasteiger partial charge is 0.479 e. The summed E-state index contributed by atoms with van der Waals surface area (Å²) in [4.78, 5) is 11.0. The highest BCUT2D eigenvalue weighted by atomic mass is 16.5. The van der Waals surface area contributed by atoms with E-state index in [4.69, 9.17) is 15.6 Å². The summed E-state index contributed by atoms with van der Waals surface area (Å²) >= 11 is 0. The Morgan fingerprint density at radius 2 is 2.05 bits per heavy atom. The van der Waals surface area contributed by atoms with Gasteiger partial charge in [-0.15, -0.1) is 0 Å². The number of aryl methyl sites for hydroxylation is 1. The van der Waals surface area contributed by atoms with Crippen molar-refractivity contribution in [3.05, 3.63) is 29.3 Å². The summed E-state index contributed by atoms with van der Waals surface area (Å²) in [5.74, 6) is -0.308. The van der Waals surface area contributed by atoms with Crippen LogP contribution in [0.3, 0.4) is 0 Å². The summed E-state index contributed by atoms with van der Waals surface area (Å²) in [6, 6.07) is 5.83. The molecule has 0 aromatic heterocycles. The highest BCUT2D eigenvalue weighted by Crippen LogP contribution is 2.23. The predicted molar refractivity (Wildman–Crippen MR) is 75.5 cm³/mol. The lowest BCUT2D eigenvalue weighted by atomic mass is 10.0. The van der Waals surface area contributed by atoms with E-state index in [1.807, 2.05) is 32.0 Å². The molecule has 1 rings (SSSR count). The molecule has 2 unspecified atom stereocenters. The summed E-state index contributed by atoms with van der Waals surface area (Å²) < 4.78 is 5.60. The van der Waals surface area contributed by atoms with Gasteiger partial charge in [-0.05, 0) is 37.8 Å². The Morgan fingerprint density at radius 1 is 1.37 bits per heavy atom. The smallest absolute Gasteiger partial charge is 0.344 e. The quantitative estimate of drug-likeness (QED) is 0.794. The number of rotatable bonds is 7. The fourth-order valence-electron chi connectivity index (χ4n) is 1.87. The van der Waals surface area contributed by atoms with E-state index in [2.05, 4.69) is 0 Å². The summed E-state index contributed by atoms with van der Waals surface area (Å²) in [5, 5.41) is 9.06. The van der Waals surface area contributed by atoms with Crippen molar-refractivity contribution in [2.45, 2.75) is 52.2 Å². The zero-order valence-electron chi connectivity index (χ0n) is 11.8. The van der Waals surface area contributed by atoms with E-state index in [1.165, 1.54) is 0 Å². The monoisotopic (exact) mass is 265 g/mol. The average molecular weight is 265 g/mol. The molecule has 1 aromatic rings. The van der Waals surface area contributed by atoms with Gasteiger partial charge in [0.2, 0.25) is 0 Å². The summed E-state index contributed by atoms with van der Waals surface area (Å²) in [5.41, 5.74) is 8.08. The second-order valence-electron chi connectivity index (χ2n) is 4.84. The van der Waals surface area contributed by atoms with Crippen molar-refractivity contribution in [3.63, 3.8) is 0 Å². The topological polar surface area (TPSA) is 72.5 Å².